The summed E-state index contributed by atoms with van der Waals surface area (Å²) in [6.45, 7) is 7.47. The van der Waals surface area contributed by atoms with Gasteiger partial charge in [0, 0.05) is 5.56 Å². The number of pyridine rings is 1. The van der Waals surface area contributed by atoms with Crippen LogP contribution in [0.4, 0.5) is 11.4 Å². The van der Waals surface area contributed by atoms with Crippen LogP contribution in [0.3, 0.4) is 0 Å². The number of hydrogen-bond donors (Lipinski definition) is 0. The third-order valence-electron chi connectivity index (χ3n) is 10.7. The summed E-state index contributed by atoms with van der Waals surface area (Å²) in [5, 5.41) is 0. The smallest absolute Gasteiger partial charge is 0.0540 e. The van der Waals surface area contributed by atoms with E-state index in [0.29, 0.717) is 6.67 Å². The monoisotopic (exact) mass is 749 g/mol. The Morgan fingerprint density at radius 1 is 0.566 bits per heavy atom. The predicted octanol–water partition coefficient (Wildman–Crippen LogP) is 8.95. The molecule has 0 saturated heterocycles. The number of hydrogen-bond acceptors (Lipinski definition) is 4. The molecule has 0 amide bonds. The normalized spacial score (nSPS) is 14.2. The van der Waals surface area contributed by atoms with Gasteiger partial charge in [0.1, 0.15) is 0 Å². The maximum atomic E-state index is 6.65. The van der Waals surface area contributed by atoms with Gasteiger partial charge in [-0.05, 0) is 22.6 Å². The van der Waals surface area contributed by atoms with Crippen molar-refractivity contribution in [2.45, 2.75) is 26.2 Å². The van der Waals surface area contributed by atoms with Crippen LogP contribution in [0, 0.1) is 0 Å². The Bertz CT molecular complexity index is 2410. The Balaban J connectivity index is 0.999. The van der Waals surface area contributed by atoms with Crippen molar-refractivity contribution in [2.24, 2.45) is 0 Å². The molecule has 2 aliphatic heterocycles. The molecule has 0 spiro atoms. The number of fused-ring (bicyclic) bond motifs is 3. The Labute approximate surface area is 315 Å². The first-order valence-corrected chi connectivity index (χ1v) is 22.5. The number of benzene rings is 6. The maximum absolute atomic E-state index is 6.65. The van der Waals surface area contributed by atoms with Crippen LogP contribution in [0.5, 0.6) is 11.5 Å². The molecule has 2 aliphatic rings. The summed E-state index contributed by atoms with van der Waals surface area (Å²) in [5.41, 5.74) is 8.40. The molecule has 1 aromatic heterocycles. The van der Waals surface area contributed by atoms with Crippen LogP contribution in [0.25, 0.3) is 22.4 Å². The standard InChI is InChI=1S/C48H41GeN3O/c1-48(2,3)36-25-23-35(24-26-36)42-20-10-11-22-46(42)52-31-30-51(34-52)39-18-12-19-40(32-39)53-41-27-28-44-43(33-41)47-45(21-13-29-50-47)49(44,37-14-6-4-7-15-37)38-16-8-5-9-17-38/h4-33H,34H2,1-3H3. The van der Waals surface area contributed by atoms with Gasteiger partial charge in [-0.25, -0.2) is 0 Å². The van der Waals surface area contributed by atoms with Crippen molar-refractivity contribution in [3.8, 4) is 33.9 Å². The van der Waals surface area contributed by atoms with E-state index >= 15 is 0 Å². The molecule has 0 atom stereocenters. The zero-order valence-electron chi connectivity index (χ0n) is 30.3. The molecule has 0 bridgehead atoms. The molecule has 258 valence electrons. The topological polar surface area (TPSA) is 28.6 Å². The van der Waals surface area contributed by atoms with Crippen molar-refractivity contribution in [3.63, 3.8) is 0 Å². The molecule has 3 heterocycles. The van der Waals surface area contributed by atoms with Crippen molar-refractivity contribution in [3.05, 3.63) is 188 Å². The Kier molecular flexibility index (Phi) is 8.28. The summed E-state index contributed by atoms with van der Waals surface area (Å²) in [6, 6.07) is 59.2. The second kappa shape index (κ2) is 13.3. The van der Waals surface area contributed by atoms with Crippen LogP contribution in [0.1, 0.15) is 26.3 Å². The minimum Gasteiger partial charge on any atom is -0.0579 e. The van der Waals surface area contributed by atoms with Gasteiger partial charge in [0.05, 0.1) is 0 Å². The minimum atomic E-state index is -3.31. The van der Waals surface area contributed by atoms with E-state index < -0.39 is 13.3 Å². The van der Waals surface area contributed by atoms with Gasteiger partial charge in [0.25, 0.3) is 0 Å². The fourth-order valence-corrected chi connectivity index (χ4v) is 18.7. The summed E-state index contributed by atoms with van der Waals surface area (Å²) in [7, 11) is 0. The van der Waals surface area contributed by atoms with Gasteiger partial charge in [0.15, 0.2) is 0 Å². The van der Waals surface area contributed by atoms with E-state index in [1.54, 1.807) is 0 Å². The summed E-state index contributed by atoms with van der Waals surface area (Å²) in [4.78, 5) is 9.57. The van der Waals surface area contributed by atoms with E-state index in [0.717, 1.165) is 22.9 Å². The molecule has 0 saturated carbocycles. The quantitative estimate of drug-likeness (QED) is 0.152. The van der Waals surface area contributed by atoms with Gasteiger partial charge in [-0.1, -0.05) is 63.2 Å². The molecule has 0 fully saturated rings. The van der Waals surface area contributed by atoms with Crippen molar-refractivity contribution >= 4 is 42.2 Å². The van der Waals surface area contributed by atoms with E-state index in [-0.39, 0.29) is 5.41 Å². The zero-order chi connectivity index (χ0) is 36.0. The third-order valence-corrected chi connectivity index (χ3v) is 20.9. The molecule has 0 N–H and O–H groups in total. The van der Waals surface area contributed by atoms with E-state index in [1.165, 1.54) is 45.5 Å². The molecule has 53 heavy (non-hydrogen) atoms. The Morgan fingerprint density at radius 2 is 1.25 bits per heavy atom. The molecule has 0 radical (unpaired) electrons. The van der Waals surface area contributed by atoms with Gasteiger partial charge in [-0.3, -0.25) is 0 Å². The van der Waals surface area contributed by atoms with Gasteiger partial charge >= 0.3 is 225 Å². The molecule has 0 unspecified atom stereocenters. The van der Waals surface area contributed by atoms with Gasteiger partial charge in [-0.2, -0.15) is 0 Å². The van der Waals surface area contributed by atoms with Crippen molar-refractivity contribution < 1.29 is 4.74 Å². The molecule has 5 heteroatoms. The van der Waals surface area contributed by atoms with Crippen LogP contribution in [-0.2, 0) is 5.41 Å². The molecular formula is C48H41GeN3O. The van der Waals surface area contributed by atoms with Crippen LogP contribution in [0.15, 0.2) is 182 Å². The van der Waals surface area contributed by atoms with Crippen LogP contribution in [0.2, 0.25) is 0 Å². The van der Waals surface area contributed by atoms with Crippen molar-refractivity contribution in [2.75, 3.05) is 16.5 Å². The van der Waals surface area contributed by atoms with Crippen LogP contribution in [-0.4, -0.2) is 24.9 Å². The Morgan fingerprint density at radius 3 is 1.98 bits per heavy atom. The largest absolute Gasteiger partial charge is 0.0579 e. The molecule has 9 rings (SSSR count). The fourth-order valence-electron chi connectivity index (χ4n) is 8.07. The van der Waals surface area contributed by atoms with E-state index in [1.807, 2.05) is 12.3 Å². The summed E-state index contributed by atoms with van der Waals surface area (Å²) in [5.74, 6) is 1.61. The van der Waals surface area contributed by atoms with Crippen LogP contribution >= 0.6 is 0 Å². The van der Waals surface area contributed by atoms with Crippen molar-refractivity contribution in [1.29, 1.82) is 0 Å². The molecule has 4 nitrogen and oxygen atoms in total. The summed E-state index contributed by atoms with van der Waals surface area (Å²) in [6.07, 6.45) is 6.23. The average molecular weight is 748 g/mol. The number of para-hydroxylation sites is 1. The number of aromatic nitrogens is 1. The first kappa shape index (κ1) is 33.0. The molecule has 6 aromatic carbocycles. The minimum absolute atomic E-state index is 0.121. The molecule has 0 aliphatic carbocycles. The van der Waals surface area contributed by atoms with Gasteiger partial charge in [-0.15, -0.1) is 0 Å². The van der Waals surface area contributed by atoms with Gasteiger partial charge < -0.3 is 0 Å². The SMILES string of the molecule is CC(C)(C)c1ccc(-c2ccccc2N2C=CN(c3cccc(Oc4cc[c]5c(c4)-c4nccc[c]4[Ge]5([c]4ccccc4)[c]4ccccc4)c3)C2)cc1. The van der Waals surface area contributed by atoms with E-state index in [9.17, 15) is 0 Å². The van der Waals surface area contributed by atoms with Crippen molar-refractivity contribution in [1.82, 2.24) is 4.98 Å². The molecule has 7 aromatic rings. The zero-order valence-corrected chi connectivity index (χ0v) is 32.4. The first-order valence-electron chi connectivity index (χ1n) is 18.3. The number of anilines is 2. The number of rotatable bonds is 7. The number of nitrogens with zero attached hydrogens (tertiary/aromatic N) is 3. The fraction of sp³-hybridized carbons (Fsp3) is 0.104. The summed E-state index contributed by atoms with van der Waals surface area (Å²) >= 11 is -3.31. The van der Waals surface area contributed by atoms with E-state index in [2.05, 4.69) is 201 Å². The molecular weight excluding hydrogens is 707 g/mol. The van der Waals surface area contributed by atoms with E-state index in [4.69, 9.17) is 9.72 Å². The van der Waals surface area contributed by atoms with Gasteiger partial charge in [0.2, 0.25) is 0 Å². The maximum Gasteiger partial charge on any atom is -0.0540 e. The second-order valence-electron chi connectivity index (χ2n) is 14.9. The second-order valence-corrected chi connectivity index (χ2v) is 22.7. The first-order chi connectivity index (χ1) is 25.9. The number of ether oxygens (including phenoxy) is 1. The third kappa shape index (κ3) is 5.84. The average Bonchev–Trinajstić information content (AvgIpc) is 3.81. The Hall–Kier alpha value is -5.85. The van der Waals surface area contributed by atoms with Crippen LogP contribution < -0.4 is 32.1 Å². The predicted molar refractivity (Wildman–Crippen MR) is 223 cm³/mol. The summed E-state index contributed by atoms with van der Waals surface area (Å²) < 4.78 is 12.2.